The summed E-state index contributed by atoms with van der Waals surface area (Å²) in [6.45, 7) is 5.74. The van der Waals surface area contributed by atoms with Crippen LogP contribution < -0.4 is 10.0 Å². The highest BCUT2D eigenvalue weighted by atomic mass is 32.2. The summed E-state index contributed by atoms with van der Waals surface area (Å²) in [6.07, 6.45) is 0.965. The van der Waals surface area contributed by atoms with Crippen LogP contribution >= 0.6 is 0 Å². The highest BCUT2D eigenvalue weighted by molar-refractivity contribution is 7.89. The zero-order chi connectivity index (χ0) is 24.2. The summed E-state index contributed by atoms with van der Waals surface area (Å²) in [7, 11) is -7.46. The fraction of sp³-hybridized carbons (Fsp3) is 0.435. The van der Waals surface area contributed by atoms with E-state index in [1.54, 1.807) is 13.8 Å². The van der Waals surface area contributed by atoms with Crippen molar-refractivity contribution in [2.45, 2.75) is 51.1 Å². The monoisotopic (exact) mass is 493 g/mol. The molecule has 1 aliphatic rings. The molecule has 10 heteroatoms. The molecule has 0 spiro atoms. The van der Waals surface area contributed by atoms with Gasteiger partial charge in [-0.3, -0.25) is 4.79 Å². The lowest BCUT2D eigenvalue weighted by Gasteiger charge is -2.25. The van der Waals surface area contributed by atoms with E-state index in [0.29, 0.717) is 24.0 Å². The summed E-state index contributed by atoms with van der Waals surface area (Å²) < 4.78 is 55.0. The molecular formula is C23H31N3O5S2. The summed E-state index contributed by atoms with van der Waals surface area (Å²) in [5.41, 5.74) is 3.10. The Morgan fingerprint density at radius 3 is 2.30 bits per heavy atom. The van der Waals surface area contributed by atoms with Crippen LogP contribution in [0.2, 0.25) is 0 Å². The number of hydrogen-bond acceptors (Lipinski definition) is 5. The molecule has 1 saturated heterocycles. The number of benzene rings is 2. The van der Waals surface area contributed by atoms with Crippen molar-refractivity contribution < 1.29 is 21.6 Å². The Kier molecular flexibility index (Phi) is 7.94. The van der Waals surface area contributed by atoms with E-state index in [2.05, 4.69) is 10.0 Å². The average Bonchev–Trinajstić information content (AvgIpc) is 3.23. The van der Waals surface area contributed by atoms with Crippen LogP contribution in [0.3, 0.4) is 0 Å². The highest BCUT2D eigenvalue weighted by Gasteiger charge is 2.40. The van der Waals surface area contributed by atoms with Gasteiger partial charge in [-0.15, -0.1) is 0 Å². The van der Waals surface area contributed by atoms with Gasteiger partial charge in [0.1, 0.15) is 6.04 Å². The first-order valence-corrected chi connectivity index (χ1v) is 14.0. The highest BCUT2D eigenvalue weighted by Crippen LogP contribution is 2.30. The van der Waals surface area contributed by atoms with E-state index in [9.17, 15) is 21.6 Å². The molecule has 0 bridgehead atoms. The minimum absolute atomic E-state index is 0.101. The molecule has 33 heavy (non-hydrogen) atoms. The van der Waals surface area contributed by atoms with E-state index in [4.69, 9.17) is 0 Å². The molecule has 1 aliphatic heterocycles. The van der Waals surface area contributed by atoms with E-state index >= 15 is 0 Å². The van der Waals surface area contributed by atoms with Crippen molar-refractivity contribution in [3.63, 3.8) is 0 Å². The van der Waals surface area contributed by atoms with Crippen molar-refractivity contribution in [3.8, 4) is 0 Å². The van der Waals surface area contributed by atoms with Crippen LogP contribution in [0, 0.1) is 20.8 Å². The van der Waals surface area contributed by atoms with Crippen molar-refractivity contribution in [1.82, 2.24) is 14.3 Å². The topological polar surface area (TPSA) is 113 Å². The van der Waals surface area contributed by atoms with Crippen molar-refractivity contribution in [1.29, 1.82) is 0 Å². The second-order valence-electron chi connectivity index (χ2n) is 8.42. The molecule has 2 aromatic carbocycles. The van der Waals surface area contributed by atoms with Gasteiger partial charge in [0.25, 0.3) is 0 Å². The molecule has 0 saturated carbocycles. The van der Waals surface area contributed by atoms with Gasteiger partial charge in [-0.2, -0.15) is 4.31 Å². The zero-order valence-electron chi connectivity index (χ0n) is 19.2. The van der Waals surface area contributed by atoms with Crippen LogP contribution in [-0.2, 0) is 31.4 Å². The molecule has 180 valence electrons. The fourth-order valence-electron chi connectivity index (χ4n) is 4.27. The van der Waals surface area contributed by atoms with Gasteiger partial charge in [0.05, 0.1) is 10.6 Å². The zero-order valence-corrected chi connectivity index (χ0v) is 20.8. The number of carbonyl (C=O) groups excluding carboxylic acids is 1. The minimum atomic E-state index is -3.86. The van der Waals surface area contributed by atoms with E-state index in [-0.39, 0.29) is 30.3 Å². The van der Waals surface area contributed by atoms with Crippen LogP contribution in [0.4, 0.5) is 0 Å². The van der Waals surface area contributed by atoms with E-state index in [0.717, 1.165) is 11.1 Å². The minimum Gasteiger partial charge on any atom is -0.354 e. The molecule has 0 aliphatic carbocycles. The Balaban J connectivity index is 1.62. The average molecular weight is 494 g/mol. The Morgan fingerprint density at radius 1 is 1.03 bits per heavy atom. The fourth-order valence-corrected chi connectivity index (χ4v) is 7.24. The van der Waals surface area contributed by atoms with Gasteiger partial charge in [0.15, 0.2) is 0 Å². The molecule has 0 radical (unpaired) electrons. The summed E-state index contributed by atoms with van der Waals surface area (Å²) in [6, 6.07) is 11.9. The third-order valence-corrected chi connectivity index (χ3v) is 9.23. The van der Waals surface area contributed by atoms with Crippen LogP contribution in [0.25, 0.3) is 0 Å². The Morgan fingerprint density at radius 2 is 1.67 bits per heavy atom. The van der Waals surface area contributed by atoms with Crippen LogP contribution in [0.5, 0.6) is 0 Å². The predicted molar refractivity (Wildman–Crippen MR) is 128 cm³/mol. The standard InChI is InChI=1S/C23H31N3O5S2/c1-17-14-18(2)22(19(3)15-17)33(30,31)26-12-7-10-21(26)23(27)24-11-13-32(28,29)25-16-20-8-5-4-6-9-20/h4-6,8-9,14-15,21,25H,7,10-13,16H2,1-3H3,(H,24,27). The van der Waals surface area contributed by atoms with Gasteiger partial charge in [-0.25, -0.2) is 21.6 Å². The van der Waals surface area contributed by atoms with Crippen molar-refractivity contribution in [3.05, 3.63) is 64.7 Å². The maximum absolute atomic E-state index is 13.4. The molecule has 8 nitrogen and oxygen atoms in total. The quantitative estimate of drug-likeness (QED) is 0.555. The molecule has 1 amide bonds. The molecule has 2 N–H and O–H groups in total. The second-order valence-corrected chi connectivity index (χ2v) is 12.2. The van der Waals surface area contributed by atoms with E-state index in [1.165, 1.54) is 4.31 Å². The SMILES string of the molecule is Cc1cc(C)c(S(=O)(=O)N2CCCC2C(=O)NCCS(=O)(=O)NCc2ccccc2)c(C)c1. The Hall–Kier alpha value is -2.27. The number of sulfonamides is 2. The maximum Gasteiger partial charge on any atom is 0.244 e. The second kappa shape index (κ2) is 10.3. The molecule has 1 heterocycles. The van der Waals surface area contributed by atoms with Crippen molar-refractivity contribution in [2.24, 2.45) is 0 Å². The molecule has 1 fully saturated rings. The molecule has 3 rings (SSSR count). The van der Waals surface area contributed by atoms with Gasteiger partial charge in [-0.05, 0) is 50.3 Å². The molecule has 2 aromatic rings. The largest absolute Gasteiger partial charge is 0.354 e. The summed E-state index contributed by atoms with van der Waals surface area (Å²) in [4.78, 5) is 13.0. The number of carbonyl (C=O) groups is 1. The van der Waals surface area contributed by atoms with Crippen LogP contribution in [0.1, 0.15) is 35.1 Å². The van der Waals surface area contributed by atoms with Crippen molar-refractivity contribution >= 4 is 26.0 Å². The van der Waals surface area contributed by atoms with Crippen LogP contribution in [0.15, 0.2) is 47.4 Å². The molecular weight excluding hydrogens is 462 g/mol. The predicted octanol–water partition coefficient (Wildman–Crippen LogP) is 2.00. The van der Waals surface area contributed by atoms with E-state index < -0.39 is 32.0 Å². The third-order valence-electron chi connectivity index (χ3n) is 5.69. The van der Waals surface area contributed by atoms with Crippen molar-refractivity contribution in [2.75, 3.05) is 18.8 Å². The van der Waals surface area contributed by atoms with E-state index in [1.807, 2.05) is 49.4 Å². The van der Waals surface area contributed by atoms with Gasteiger partial charge < -0.3 is 5.32 Å². The number of nitrogens with zero attached hydrogens (tertiary/aromatic N) is 1. The van der Waals surface area contributed by atoms with Crippen LogP contribution in [-0.4, -0.2) is 51.9 Å². The van der Waals surface area contributed by atoms with Gasteiger partial charge in [0, 0.05) is 19.6 Å². The summed E-state index contributed by atoms with van der Waals surface area (Å²) in [5, 5.41) is 2.61. The van der Waals surface area contributed by atoms with Gasteiger partial charge in [0.2, 0.25) is 26.0 Å². The molecule has 1 atom stereocenters. The number of amides is 1. The Bertz CT molecular complexity index is 1190. The molecule has 1 unspecified atom stereocenters. The number of hydrogen-bond donors (Lipinski definition) is 2. The Labute approximate surface area is 196 Å². The van der Waals surface area contributed by atoms with Gasteiger partial charge >= 0.3 is 0 Å². The number of nitrogens with one attached hydrogen (secondary N) is 2. The summed E-state index contributed by atoms with van der Waals surface area (Å²) in [5.74, 6) is -0.766. The third kappa shape index (κ3) is 6.20. The first kappa shape index (κ1) is 25.4. The number of aryl methyl sites for hydroxylation is 3. The lowest BCUT2D eigenvalue weighted by atomic mass is 10.1. The smallest absolute Gasteiger partial charge is 0.244 e. The summed E-state index contributed by atoms with van der Waals surface area (Å²) >= 11 is 0. The lowest BCUT2D eigenvalue weighted by Crippen LogP contribution is -2.47. The normalized spacial score (nSPS) is 17.2. The first-order valence-electron chi connectivity index (χ1n) is 10.9. The first-order chi connectivity index (χ1) is 15.5. The van der Waals surface area contributed by atoms with Gasteiger partial charge in [-0.1, -0.05) is 48.0 Å². The number of rotatable bonds is 9. The maximum atomic E-state index is 13.4. The lowest BCUT2D eigenvalue weighted by molar-refractivity contribution is -0.124. The molecule has 0 aromatic heterocycles.